The van der Waals surface area contributed by atoms with E-state index in [9.17, 15) is 9.90 Å². The second-order valence-electron chi connectivity index (χ2n) is 10.6. The van der Waals surface area contributed by atoms with Crippen LogP contribution in [0.1, 0.15) is 79.1 Å². The van der Waals surface area contributed by atoms with Crippen LogP contribution in [-0.2, 0) is 4.79 Å². The summed E-state index contributed by atoms with van der Waals surface area (Å²) in [5.74, 6) is 3.39. The summed E-state index contributed by atoms with van der Waals surface area (Å²) in [6.07, 6.45) is 9.14. The fourth-order valence-electron chi connectivity index (χ4n) is 7.77. The van der Waals surface area contributed by atoms with Gasteiger partial charge in [-0.1, -0.05) is 13.8 Å². The molecule has 0 bridgehead atoms. The molecule has 0 aliphatic heterocycles. The van der Waals surface area contributed by atoms with Crippen LogP contribution in [0.3, 0.4) is 0 Å². The number of carbonyl (C=O) groups is 1. The molecular formula is C27H40O2Se. The Bertz CT molecular complexity index is 748. The van der Waals surface area contributed by atoms with Crippen molar-refractivity contribution in [3.63, 3.8) is 0 Å². The van der Waals surface area contributed by atoms with E-state index in [0.29, 0.717) is 23.0 Å². The summed E-state index contributed by atoms with van der Waals surface area (Å²) < 4.78 is 1.38. The van der Waals surface area contributed by atoms with Gasteiger partial charge in [-0.15, -0.1) is 0 Å². The van der Waals surface area contributed by atoms with Crippen molar-refractivity contribution in [2.24, 2.45) is 34.5 Å². The van der Waals surface area contributed by atoms with E-state index >= 15 is 0 Å². The molecule has 1 N–H and O–H groups in total. The van der Waals surface area contributed by atoms with Crippen molar-refractivity contribution in [1.29, 1.82) is 0 Å². The first kappa shape index (κ1) is 22.6. The number of Topliss-reactive ketones (excluding diaryl/α,β-unsaturated/α-hetero) is 1. The van der Waals surface area contributed by atoms with E-state index in [0.717, 1.165) is 37.5 Å². The molecule has 4 aliphatic rings. The molecule has 4 saturated carbocycles. The van der Waals surface area contributed by atoms with Crippen molar-refractivity contribution in [1.82, 2.24) is 0 Å². The van der Waals surface area contributed by atoms with Crippen LogP contribution in [0.5, 0.6) is 0 Å². The van der Waals surface area contributed by atoms with Gasteiger partial charge in [0.15, 0.2) is 0 Å². The standard InChI is InChI=1S/C25H34O2Se.C2H6/c1-24-12-10-17(26)14-16(24)8-9-19-20(24)11-13-25(2)21(19)15-22(23(25)27)28-18-6-4-3-5-7-18;1-2/h3-7,16-17,19-22,26H,8-15H2,1-2H3;1-2H3. The first-order valence-corrected chi connectivity index (χ1v) is 14.2. The molecule has 2 nitrogen and oxygen atoms in total. The number of hydrogen-bond donors (Lipinski definition) is 1. The molecule has 8 atom stereocenters. The zero-order chi connectivity index (χ0) is 21.5. The van der Waals surface area contributed by atoms with Crippen molar-refractivity contribution < 1.29 is 9.90 Å². The summed E-state index contributed by atoms with van der Waals surface area (Å²) in [5.41, 5.74) is 0.328. The normalized spacial score (nSPS) is 44.9. The van der Waals surface area contributed by atoms with Gasteiger partial charge in [0.1, 0.15) is 0 Å². The summed E-state index contributed by atoms with van der Waals surface area (Å²) in [5, 5.41) is 10.2. The molecule has 3 heteroatoms. The Kier molecular flexibility index (Phi) is 6.56. The predicted molar refractivity (Wildman–Crippen MR) is 125 cm³/mol. The number of rotatable bonds is 2. The Morgan fingerprint density at radius 2 is 1.67 bits per heavy atom. The molecule has 0 radical (unpaired) electrons. The number of fused-ring (bicyclic) bond motifs is 5. The molecule has 4 aliphatic carbocycles. The molecule has 0 spiro atoms. The van der Waals surface area contributed by atoms with E-state index in [4.69, 9.17) is 0 Å². The maximum absolute atomic E-state index is 13.5. The van der Waals surface area contributed by atoms with E-state index in [2.05, 4.69) is 44.2 Å². The molecule has 4 fully saturated rings. The number of carbonyl (C=O) groups excluding carboxylic acids is 1. The zero-order valence-corrected chi connectivity index (χ0v) is 21.0. The molecule has 0 aromatic heterocycles. The van der Waals surface area contributed by atoms with E-state index in [-0.39, 0.29) is 31.3 Å². The average molecular weight is 476 g/mol. The van der Waals surface area contributed by atoms with Crippen molar-refractivity contribution in [3.8, 4) is 0 Å². The third-order valence-corrected chi connectivity index (χ3v) is 12.0. The van der Waals surface area contributed by atoms with Gasteiger partial charge in [-0.25, -0.2) is 0 Å². The molecule has 5 rings (SSSR count). The van der Waals surface area contributed by atoms with Gasteiger partial charge in [0.05, 0.1) is 0 Å². The summed E-state index contributed by atoms with van der Waals surface area (Å²) in [4.78, 5) is 13.8. The SMILES string of the molecule is CC.CC12CCC3C(CCC4CC(O)CCC43C)C1CC([Se]c1ccccc1)C2=O. The van der Waals surface area contributed by atoms with Crippen molar-refractivity contribution in [2.75, 3.05) is 0 Å². The fourth-order valence-corrected chi connectivity index (χ4v) is 10.5. The topological polar surface area (TPSA) is 37.3 Å². The fraction of sp³-hybridized carbons (Fsp3) is 0.741. The third kappa shape index (κ3) is 3.63. The van der Waals surface area contributed by atoms with Crippen molar-refractivity contribution in [2.45, 2.75) is 90.0 Å². The zero-order valence-electron chi connectivity index (χ0n) is 19.3. The van der Waals surface area contributed by atoms with E-state index < -0.39 is 0 Å². The number of aliphatic hydroxyl groups is 1. The molecule has 1 aromatic rings. The number of benzene rings is 1. The molecule has 166 valence electrons. The molecule has 0 saturated heterocycles. The van der Waals surface area contributed by atoms with Crippen LogP contribution in [0, 0.1) is 34.5 Å². The number of hydrogen-bond acceptors (Lipinski definition) is 2. The van der Waals surface area contributed by atoms with Gasteiger partial charge < -0.3 is 0 Å². The molecule has 0 heterocycles. The van der Waals surface area contributed by atoms with Crippen LogP contribution in [0.2, 0.25) is 4.82 Å². The van der Waals surface area contributed by atoms with Gasteiger partial charge in [-0.05, 0) is 0 Å². The van der Waals surface area contributed by atoms with Crippen LogP contribution in [0.4, 0.5) is 0 Å². The second-order valence-corrected chi connectivity index (χ2v) is 13.2. The summed E-state index contributed by atoms with van der Waals surface area (Å²) >= 11 is 0.268. The Balaban J connectivity index is 0.00000106. The van der Waals surface area contributed by atoms with Gasteiger partial charge in [0, 0.05) is 0 Å². The Morgan fingerprint density at radius 3 is 2.40 bits per heavy atom. The van der Waals surface area contributed by atoms with Gasteiger partial charge in [-0.3, -0.25) is 0 Å². The van der Waals surface area contributed by atoms with E-state index in [1.807, 2.05) is 13.8 Å². The van der Waals surface area contributed by atoms with Crippen LogP contribution >= 0.6 is 0 Å². The predicted octanol–water partition coefficient (Wildman–Crippen LogP) is 5.41. The number of aliphatic hydroxyl groups excluding tert-OH is 1. The Labute approximate surface area is 189 Å². The first-order valence-electron chi connectivity index (χ1n) is 12.4. The quantitative estimate of drug-likeness (QED) is 0.581. The number of ketones is 1. The monoisotopic (exact) mass is 476 g/mol. The molecular weight excluding hydrogens is 435 g/mol. The van der Waals surface area contributed by atoms with Gasteiger partial charge >= 0.3 is 176 Å². The first-order chi connectivity index (χ1) is 14.4. The van der Waals surface area contributed by atoms with Crippen molar-refractivity contribution in [3.05, 3.63) is 30.3 Å². The average Bonchev–Trinajstić information content (AvgIpc) is 3.01. The minimum atomic E-state index is -0.0745. The molecule has 8 unspecified atom stereocenters. The van der Waals surface area contributed by atoms with Crippen LogP contribution in [-0.4, -0.2) is 32.0 Å². The molecule has 30 heavy (non-hydrogen) atoms. The van der Waals surface area contributed by atoms with Crippen LogP contribution < -0.4 is 4.46 Å². The van der Waals surface area contributed by atoms with E-state index in [1.54, 1.807) is 0 Å². The Morgan fingerprint density at radius 1 is 0.933 bits per heavy atom. The van der Waals surface area contributed by atoms with Gasteiger partial charge in [-0.2, -0.15) is 0 Å². The molecule has 0 amide bonds. The molecule has 1 aromatic carbocycles. The minimum absolute atomic E-state index is 0.0697. The summed E-state index contributed by atoms with van der Waals surface area (Å²) in [7, 11) is 0. The third-order valence-electron chi connectivity index (χ3n) is 9.37. The maximum atomic E-state index is 13.5. The summed E-state index contributed by atoms with van der Waals surface area (Å²) in [6, 6.07) is 10.7. The van der Waals surface area contributed by atoms with Crippen molar-refractivity contribution >= 4 is 25.2 Å². The van der Waals surface area contributed by atoms with Crippen LogP contribution in [0.15, 0.2) is 30.3 Å². The van der Waals surface area contributed by atoms with Crippen LogP contribution in [0.25, 0.3) is 0 Å². The van der Waals surface area contributed by atoms with E-state index in [1.165, 1.54) is 30.1 Å². The van der Waals surface area contributed by atoms with Gasteiger partial charge in [0.25, 0.3) is 0 Å². The Hall–Kier alpha value is -0.631. The summed E-state index contributed by atoms with van der Waals surface area (Å²) in [6.45, 7) is 8.85. The van der Waals surface area contributed by atoms with Gasteiger partial charge in [0.2, 0.25) is 0 Å². The second kappa shape index (κ2) is 8.72.